The molecule has 0 fully saturated rings. The number of nitrogens with one attached hydrogen (secondary N) is 1. The number of rotatable bonds is 6. The lowest BCUT2D eigenvalue weighted by Crippen LogP contribution is -2.13. The van der Waals surface area contributed by atoms with Crippen LogP contribution in [0, 0.1) is 0 Å². The van der Waals surface area contributed by atoms with Crippen LogP contribution in [0.4, 0.5) is 13.2 Å². The summed E-state index contributed by atoms with van der Waals surface area (Å²) in [5.41, 5.74) is 2.01. The van der Waals surface area contributed by atoms with Gasteiger partial charge in [-0.05, 0) is 42.1 Å². The summed E-state index contributed by atoms with van der Waals surface area (Å²) in [4.78, 5) is 0. The third kappa shape index (κ3) is 4.00. The quantitative estimate of drug-likeness (QED) is 0.790. The highest BCUT2D eigenvalue weighted by Gasteiger charge is 2.26. The molecule has 1 N–H and O–H groups in total. The molecule has 2 nitrogen and oxygen atoms in total. The van der Waals surface area contributed by atoms with Crippen molar-refractivity contribution in [2.75, 3.05) is 6.54 Å². The number of aryl methyl sites for hydroxylation is 1. The van der Waals surface area contributed by atoms with E-state index in [0.717, 1.165) is 36.0 Å². The lowest BCUT2D eigenvalue weighted by molar-refractivity contribution is -0.136. The Hall–Kier alpha value is -1.49. The molecule has 0 radical (unpaired) electrons. The van der Waals surface area contributed by atoms with Crippen molar-refractivity contribution < 1.29 is 13.2 Å². The summed E-state index contributed by atoms with van der Waals surface area (Å²) in [5, 5.41) is 4.30. The second kappa shape index (κ2) is 6.31. The van der Waals surface area contributed by atoms with Gasteiger partial charge in [-0.1, -0.05) is 13.0 Å². The molecule has 20 heavy (non-hydrogen) atoms. The number of fused-ring (bicyclic) bond motifs is 1. The van der Waals surface area contributed by atoms with Crippen molar-refractivity contribution >= 4 is 10.9 Å². The van der Waals surface area contributed by atoms with Gasteiger partial charge in [0.1, 0.15) is 0 Å². The molecule has 110 valence electrons. The van der Waals surface area contributed by atoms with E-state index in [-0.39, 0.29) is 6.54 Å². The van der Waals surface area contributed by atoms with Gasteiger partial charge in [0, 0.05) is 24.8 Å². The van der Waals surface area contributed by atoms with Crippen LogP contribution in [0.15, 0.2) is 30.5 Å². The van der Waals surface area contributed by atoms with Crippen LogP contribution in [0.1, 0.15) is 25.3 Å². The number of hydrogen-bond donors (Lipinski definition) is 1. The highest BCUT2D eigenvalue weighted by Crippen LogP contribution is 2.23. The topological polar surface area (TPSA) is 17.0 Å². The van der Waals surface area contributed by atoms with Crippen LogP contribution >= 0.6 is 0 Å². The van der Waals surface area contributed by atoms with E-state index in [1.165, 1.54) is 0 Å². The van der Waals surface area contributed by atoms with Crippen molar-refractivity contribution in [3.05, 3.63) is 36.0 Å². The van der Waals surface area contributed by atoms with Gasteiger partial charge in [0.15, 0.2) is 0 Å². The average Bonchev–Trinajstić information content (AvgIpc) is 2.78. The monoisotopic (exact) mass is 284 g/mol. The minimum Gasteiger partial charge on any atom is -0.347 e. The molecule has 0 aliphatic rings. The van der Waals surface area contributed by atoms with E-state index in [1.807, 2.05) is 24.3 Å². The zero-order chi connectivity index (χ0) is 14.6. The van der Waals surface area contributed by atoms with Crippen LogP contribution in [-0.2, 0) is 13.1 Å². The predicted molar refractivity (Wildman–Crippen MR) is 74.6 cm³/mol. The summed E-state index contributed by atoms with van der Waals surface area (Å²) < 4.78 is 38.4. The summed E-state index contributed by atoms with van der Waals surface area (Å²) in [5.74, 6) is 0. The summed E-state index contributed by atoms with van der Waals surface area (Å²) in [7, 11) is 0. The Bertz CT molecular complexity index is 558. The maximum Gasteiger partial charge on any atom is 0.390 e. The maximum atomic E-state index is 12.3. The van der Waals surface area contributed by atoms with Crippen molar-refractivity contribution in [3.8, 4) is 0 Å². The Morgan fingerprint density at radius 1 is 1.20 bits per heavy atom. The molecule has 0 aliphatic carbocycles. The van der Waals surface area contributed by atoms with Gasteiger partial charge in [-0.2, -0.15) is 13.2 Å². The molecule has 0 amide bonds. The molecule has 0 aliphatic heterocycles. The van der Waals surface area contributed by atoms with Crippen molar-refractivity contribution in [1.29, 1.82) is 0 Å². The number of benzene rings is 1. The average molecular weight is 284 g/mol. The van der Waals surface area contributed by atoms with Crippen LogP contribution in [0.2, 0.25) is 0 Å². The zero-order valence-electron chi connectivity index (χ0n) is 11.5. The second-order valence-electron chi connectivity index (χ2n) is 4.94. The molecule has 0 spiro atoms. The molecule has 0 bridgehead atoms. The molecule has 2 aromatic rings. The molecule has 0 unspecified atom stereocenters. The van der Waals surface area contributed by atoms with E-state index in [2.05, 4.69) is 12.2 Å². The molecule has 0 atom stereocenters. The van der Waals surface area contributed by atoms with Gasteiger partial charge in [0.25, 0.3) is 0 Å². The lowest BCUT2D eigenvalue weighted by atomic mass is 10.1. The lowest BCUT2D eigenvalue weighted by Gasteiger charge is -2.09. The van der Waals surface area contributed by atoms with Crippen molar-refractivity contribution in [2.24, 2.45) is 0 Å². The number of hydrogen-bond acceptors (Lipinski definition) is 1. The Morgan fingerprint density at radius 2 is 2.00 bits per heavy atom. The van der Waals surface area contributed by atoms with Crippen molar-refractivity contribution in [1.82, 2.24) is 9.88 Å². The van der Waals surface area contributed by atoms with Gasteiger partial charge in [0.05, 0.1) is 6.42 Å². The van der Waals surface area contributed by atoms with Crippen LogP contribution in [0.5, 0.6) is 0 Å². The van der Waals surface area contributed by atoms with E-state index in [4.69, 9.17) is 0 Å². The van der Waals surface area contributed by atoms with Gasteiger partial charge in [0.2, 0.25) is 0 Å². The first-order chi connectivity index (χ1) is 9.49. The van der Waals surface area contributed by atoms with E-state index in [1.54, 1.807) is 10.8 Å². The molecular weight excluding hydrogens is 265 g/mol. The van der Waals surface area contributed by atoms with Crippen LogP contribution in [0.3, 0.4) is 0 Å². The minimum atomic E-state index is -4.11. The SMILES string of the molecule is CCCNCc1ccc2c(ccn2CCC(F)(F)F)c1. The van der Waals surface area contributed by atoms with E-state index >= 15 is 0 Å². The van der Waals surface area contributed by atoms with Gasteiger partial charge in [-0.3, -0.25) is 0 Å². The van der Waals surface area contributed by atoms with Crippen molar-refractivity contribution in [3.63, 3.8) is 0 Å². The van der Waals surface area contributed by atoms with Gasteiger partial charge >= 0.3 is 6.18 Å². The first-order valence-electron chi connectivity index (χ1n) is 6.85. The third-order valence-corrected chi connectivity index (χ3v) is 3.23. The smallest absolute Gasteiger partial charge is 0.347 e. The van der Waals surface area contributed by atoms with Crippen LogP contribution in [0.25, 0.3) is 10.9 Å². The fourth-order valence-electron chi connectivity index (χ4n) is 2.21. The van der Waals surface area contributed by atoms with Crippen LogP contribution in [-0.4, -0.2) is 17.3 Å². The zero-order valence-corrected chi connectivity index (χ0v) is 11.5. The largest absolute Gasteiger partial charge is 0.390 e. The van der Waals surface area contributed by atoms with E-state index in [9.17, 15) is 13.2 Å². The normalized spacial score (nSPS) is 12.2. The second-order valence-corrected chi connectivity index (χ2v) is 4.94. The fourth-order valence-corrected chi connectivity index (χ4v) is 2.21. The highest BCUT2D eigenvalue weighted by atomic mass is 19.4. The van der Waals surface area contributed by atoms with Gasteiger partial charge in [-0.15, -0.1) is 0 Å². The minimum absolute atomic E-state index is 0.0273. The Balaban J connectivity index is 2.08. The summed E-state index contributed by atoms with van der Waals surface area (Å²) in [6.45, 7) is 3.83. The van der Waals surface area contributed by atoms with Gasteiger partial charge in [-0.25, -0.2) is 0 Å². The first-order valence-corrected chi connectivity index (χ1v) is 6.85. The molecule has 1 aromatic carbocycles. The van der Waals surface area contributed by atoms with Crippen LogP contribution < -0.4 is 5.32 Å². The Labute approximate surface area is 116 Å². The summed E-state index contributed by atoms with van der Waals surface area (Å²) in [6, 6.07) is 7.76. The molecular formula is C15H19F3N2. The highest BCUT2D eigenvalue weighted by molar-refractivity contribution is 5.80. The molecule has 0 saturated heterocycles. The van der Waals surface area contributed by atoms with Gasteiger partial charge < -0.3 is 9.88 Å². The maximum absolute atomic E-state index is 12.3. The molecule has 1 aromatic heterocycles. The third-order valence-electron chi connectivity index (χ3n) is 3.23. The van der Waals surface area contributed by atoms with E-state index < -0.39 is 12.6 Å². The number of aromatic nitrogens is 1. The van der Waals surface area contributed by atoms with E-state index in [0.29, 0.717) is 0 Å². The molecule has 0 saturated carbocycles. The fraction of sp³-hybridized carbons (Fsp3) is 0.467. The Kier molecular flexibility index (Phi) is 4.70. The number of nitrogens with zero attached hydrogens (tertiary/aromatic N) is 1. The standard InChI is InChI=1S/C15H19F3N2/c1-2-7-19-11-12-3-4-14-13(10-12)5-8-20(14)9-6-15(16,17)18/h3-5,8,10,19H,2,6-7,9,11H2,1H3. The predicted octanol–water partition coefficient (Wildman–Crippen LogP) is 4.09. The summed E-state index contributed by atoms with van der Waals surface area (Å²) >= 11 is 0. The molecule has 1 heterocycles. The Morgan fingerprint density at radius 3 is 2.70 bits per heavy atom. The van der Waals surface area contributed by atoms with Crippen molar-refractivity contribution in [2.45, 2.75) is 39.0 Å². The number of halogens is 3. The first kappa shape index (κ1) is 14.9. The molecule has 5 heteroatoms. The number of alkyl halides is 3. The summed E-state index contributed by atoms with van der Waals surface area (Å²) in [6.07, 6.45) is -2.10. The molecule has 2 rings (SSSR count).